The van der Waals surface area contributed by atoms with E-state index in [0.717, 1.165) is 0 Å². The molecule has 2 heterocycles. The average molecular weight is 217 g/mol. The molecule has 0 N–H and O–H groups in total. The van der Waals surface area contributed by atoms with Crippen molar-refractivity contribution in [1.82, 2.24) is 4.90 Å². The Hall–Kier alpha value is -1.84. The number of rotatable bonds is 0. The highest BCUT2D eigenvalue weighted by Gasteiger charge is 2.37. The summed E-state index contributed by atoms with van der Waals surface area (Å²) in [5, 5.41) is 0. The maximum Gasteiger partial charge on any atom is 0.258 e. The Morgan fingerprint density at radius 2 is 2.06 bits per heavy atom. The number of carbonyl (C=O) groups is 2. The van der Waals surface area contributed by atoms with Gasteiger partial charge in [-0.3, -0.25) is 9.59 Å². The topological polar surface area (TPSA) is 46.6 Å². The van der Waals surface area contributed by atoms with E-state index in [1.54, 1.807) is 23.1 Å². The Bertz CT molecular complexity index is 469. The van der Waals surface area contributed by atoms with Crippen LogP contribution in [0.2, 0.25) is 0 Å². The number of fused-ring (bicyclic) bond motifs is 2. The second-order valence-electron chi connectivity index (χ2n) is 4.14. The summed E-state index contributed by atoms with van der Waals surface area (Å²) in [6.07, 6.45) is 0.416. The molecule has 4 nitrogen and oxygen atoms in total. The first kappa shape index (κ1) is 9.39. The highest BCUT2D eigenvalue weighted by molar-refractivity contribution is 6.01. The molecule has 4 heteroatoms. The van der Waals surface area contributed by atoms with Crippen molar-refractivity contribution in [2.45, 2.75) is 12.5 Å². The lowest BCUT2D eigenvalue weighted by Crippen LogP contribution is -2.36. The molecule has 0 aromatic heterocycles. The van der Waals surface area contributed by atoms with Crippen LogP contribution < -0.4 is 4.74 Å². The molecule has 16 heavy (non-hydrogen) atoms. The third-order valence-corrected chi connectivity index (χ3v) is 3.06. The normalized spacial score (nSPS) is 23.5. The van der Waals surface area contributed by atoms with Crippen LogP contribution >= 0.6 is 0 Å². The van der Waals surface area contributed by atoms with Crippen LogP contribution in [-0.2, 0) is 4.79 Å². The Morgan fingerprint density at radius 3 is 2.94 bits per heavy atom. The van der Waals surface area contributed by atoms with Gasteiger partial charge in [-0.2, -0.15) is 0 Å². The Balaban J connectivity index is 2.03. The molecule has 1 saturated heterocycles. The molecule has 1 atom stereocenters. The number of hydrogen-bond acceptors (Lipinski definition) is 3. The zero-order valence-electron chi connectivity index (χ0n) is 8.68. The average Bonchev–Trinajstić information content (AvgIpc) is 2.62. The van der Waals surface area contributed by atoms with Gasteiger partial charge in [-0.05, 0) is 12.1 Å². The molecule has 82 valence electrons. The smallest absolute Gasteiger partial charge is 0.258 e. The van der Waals surface area contributed by atoms with Crippen LogP contribution in [0.5, 0.6) is 5.75 Å². The van der Waals surface area contributed by atoms with E-state index < -0.39 is 0 Å². The lowest BCUT2D eigenvalue weighted by Gasteiger charge is -2.19. The second kappa shape index (κ2) is 3.33. The van der Waals surface area contributed by atoms with E-state index in [2.05, 4.69) is 0 Å². The molecular weight excluding hydrogens is 206 g/mol. The molecule has 1 fully saturated rings. The van der Waals surface area contributed by atoms with Gasteiger partial charge in [0.25, 0.3) is 5.91 Å². The minimum Gasteiger partial charge on any atom is -0.491 e. The van der Waals surface area contributed by atoms with Gasteiger partial charge in [-0.1, -0.05) is 12.1 Å². The minimum atomic E-state index is -0.0936. The molecule has 1 aromatic rings. The van der Waals surface area contributed by atoms with Crippen molar-refractivity contribution in [2.75, 3.05) is 13.2 Å². The summed E-state index contributed by atoms with van der Waals surface area (Å²) in [5.74, 6) is 0.639. The molecule has 2 aliphatic heterocycles. The monoisotopic (exact) mass is 217 g/mol. The SMILES string of the molecule is O=C1C[C@H]2COc3ccccc3C(=O)N2C1. The lowest BCUT2D eigenvalue weighted by molar-refractivity contribution is -0.116. The number of hydrogen-bond donors (Lipinski definition) is 0. The lowest BCUT2D eigenvalue weighted by atomic mass is 10.2. The third-order valence-electron chi connectivity index (χ3n) is 3.06. The van der Waals surface area contributed by atoms with Crippen LogP contribution in [0.15, 0.2) is 24.3 Å². The van der Waals surface area contributed by atoms with Gasteiger partial charge in [0.2, 0.25) is 0 Å². The van der Waals surface area contributed by atoms with Gasteiger partial charge in [-0.25, -0.2) is 0 Å². The van der Waals surface area contributed by atoms with Gasteiger partial charge in [0, 0.05) is 6.42 Å². The fraction of sp³-hybridized carbons (Fsp3) is 0.333. The van der Waals surface area contributed by atoms with Crippen molar-refractivity contribution in [3.8, 4) is 5.75 Å². The zero-order valence-corrected chi connectivity index (χ0v) is 8.68. The summed E-state index contributed by atoms with van der Waals surface area (Å²) >= 11 is 0. The number of para-hydroxylation sites is 1. The Morgan fingerprint density at radius 1 is 1.25 bits per heavy atom. The van der Waals surface area contributed by atoms with E-state index in [1.807, 2.05) is 6.07 Å². The number of ketones is 1. The molecule has 3 rings (SSSR count). The Labute approximate surface area is 92.8 Å². The van der Waals surface area contributed by atoms with E-state index in [4.69, 9.17) is 4.74 Å². The fourth-order valence-electron chi connectivity index (χ4n) is 2.25. The minimum absolute atomic E-state index is 0.0904. The van der Waals surface area contributed by atoms with Crippen LogP contribution in [0.25, 0.3) is 0 Å². The van der Waals surface area contributed by atoms with Crippen LogP contribution in [0.1, 0.15) is 16.8 Å². The summed E-state index contributed by atoms with van der Waals surface area (Å²) in [4.78, 5) is 25.1. The molecule has 0 bridgehead atoms. The maximum atomic E-state index is 12.2. The molecule has 0 unspecified atom stereocenters. The van der Waals surface area contributed by atoms with Gasteiger partial charge < -0.3 is 9.64 Å². The van der Waals surface area contributed by atoms with Crippen LogP contribution in [0.3, 0.4) is 0 Å². The third kappa shape index (κ3) is 1.30. The first-order chi connectivity index (χ1) is 7.75. The van der Waals surface area contributed by atoms with Gasteiger partial charge in [0.05, 0.1) is 18.2 Å². The first-order valence-corrected chi connectivity index (χ1v) is 5.30. The van der Waals surface area contributed by atoms with E-state index >= 15 is 0 Å². The summed E-state index contributed by atoms with van der Waals surface area (Å²) in [5.41, 5.74) is 0.555. The highest BCUT2D eigenvalue weighted by atomic mass is 16.5. The standard InChI is InChI=1S/C12H11NO3/c14-9-5-8-7-16-11-4-2-1-3-10(11)12(15)13(8)6-9/h1-4,8H,5-7H2/t8-/m0/s1. The molecular formula is C12H11NO3. The van der Waals surface area contributed by atoms with Crippen molar-refractivity contribution in [1.29, 1.82) is 0 Å². The fourth-order valence-corrected chi connectivity index (χ4v) is 2.25. The highest BCUT2D eigenvalue weighted by Crippen LogP contribution is 2.28. The largest absolute Gasteiger partial charge is 0.491 e. The van der Waals surface area contributed by atoms with E-state index in [1.165, 1.54) is 0 Å². The quantitative estimate of drug-likeness (QED) is 0.647. The molecule has 1 aromatic carbocycles. The number of ether oxygens (including phenoxy) is 1. The number of benzene rings is 1. The van der Waals surface area contributed by atoms with Gasteiger partial charge in [0.15, 0.2) is 5.78 Å². The van der Waals surface area contributed by atoms with Crippen molar-refractivity contribution < 1.29 is 14.3 Å². The first-order valence-electron chi connectivity index (χ1n) is 5.30. The number of carbonyl (C=O) groups excluding carboxylic acids is 2. The molecule has 0 spiro atoms. The summed E-state index contributed by atoms with van der Waals surface area (Å²) in [7, 11) is 0. The Kier molecular flexibility index (Phi) is 1.96. The van der Waals surface area contributed by atoms with Gasteiger partial charge in [0.1, 0.15) is 12.4 Å². The van der Waals surface area contributed by atoms with Crippen LogP contribution in [-0.4, -0.2) is 35.8 Å². The molecule has 1 amide bonds. The molecule has 0 aliphatic carbocycles. The van der Waals surface area contributed by atoms with Gasteiger partial charge in [-0.15, -0.1) is 0 Å². The van der Waals surface area contributed by atoms with Crippen molar-refractivity contribution >= 4 is 11.7 Å². The van der Waals surface area contributed by atoms with Crippen molar-refractivity contribution in [2.24, 2.45) is 0 Å². The van der Waals surface area contributed by atoms with Crippen molar-refractivity contribution in [3.63, 3.8) is 0 Å². The molecule has 0 radical (unpaired) electrons. The zero-order chi connectivity index (χ0) is 11.1. The number of nitrogens with zero attached hydrogens (tertiary/aromatic N) is 1. The summed E-state index contributed by atoms with van der Waals surface area (Å²) in [6, 6.07) is 7.08. The maximum absolute atomic E-state index is 12.2. The summed E-state index contributed by atoms with van der Waals surface area (Å²) < 4.78 is 5.57. The summed E-state index contributed by atoms with van der Waals surface area (Å²) in [6.45, 7) is 0.635. The van der Waals surface area contributed by atoms with E-state index in [-0.39, 0.29) is 24.3 Å². The predicted molar refractivity (Wildman–Crippen MR) is 56.4 cm³/mol. The number of Topliss-reactive ketones (excluding diaryl/α,β-unsaturated/α-hetero) is 1. The van der Waals surface area contributed by atoms with E-state index in [0.29, 0.717) is 24.3 Å². The predicted octanol–water partition coefficient (Wildman–Crippen LogP) is 0.863. The molecule has 0 saturated carbocycles. The second-order valence-corrected chi connectivity index (χ2v) is 4.14. The van der Waals surface area contributed by atoms with Gasteiger partial charge >= 0.3 is 0 Å². The number of amides is 1. The van der Waals surface area contributed by atoms with E-state index in [9.17, 15) is 9.59 Å². The molecule has 2 aliphatic rings. The van der Waals surface area contributed by atoms with Crippen LogP contribution in [0, 0.1) is 0 Å². The van der Waals surface area contributed by atoms with Crippen molar-refractivity contribution in [3.05, 3.63) is 29.8 Å². The van der Waals surface area contributed by atoms with Crippen LogP contribution in [0.4, 0.5) is 0 Å².